The van der Waals surface area contributed by atoms with Crippen molar-refractivity contribution in [1.29, 1.82) is 0 Å². The first-order valence-corrected chi connectivity index (χ1v) is 6.83. The molecular weight excluding hydrogens is 274 g/mol. The second-order valence-corrected chi connectivity index (χ2v) is 4.89. The molecule has 0 aromatic heterocycles. The molecule has 0 heterocycles. The lowest BCUT2D eigenvalue weighted by molar-refractivity contribution is -0.384. The number of amides is 1. The highest BCUT2D eigenvalue weighted by Gasteiger charge is 2.20. The van der Waals surface area contributed by atoms with Crippen LogP contribution in [0.1, 0.15) is 26.7 Å². The van der Waals surface area contributed by atoms with Gasteiger partial charge in [0.25, 0.3) is 11.6 Å². The van der Waals surface area contributed by atoms with E-state index >= 15 is 0 Å². The maximum absolute atomic E-state index is 11.7. The van der Waals surface area contributed by atoms with E-state index < -0.39 is 10.5 Å². The lowest BCUT2D eigenvalue weighted by atomic mass is 9.94. The molecule has 0 unspecified atom stereocenters. The number of non-ortho nitro benzene ring substituents is 1. The molecule has 1 rings (SSSR count). The highest BCUT2D eigenvalue weighted by atomic mass is 16.6. The molecular formula is C14H21N3O4. The first-order chi connectivity index (χ1) is 9.90. The van der Waals surface area contributed by atoms with E-state index in [0.717, 1.165) is 12.8 Å². The van der Waals surface area contributed by atoms with E-state index in [-0.39, 0.29) is 18.2 Å². The molecule has 0 fully saturated rings. The second kappa shape index (κ2) is 7.58. The van der Waals surface area contributed by atoms with Gasteiger partial charge in [0.15, 0.2) is 6.61 Å². The Balaban J connectivity index is 2.41. The summed E-state index contributed by atoms with van der Waals surface area (Å²) in [6, 6.07) is 5.56. The third-order valence-corrected chi connectivity index (χ3v) is 3.46. The van der Waals surface area contributed by atoms with E-state index in [2.05, 4.69) is 5.32 Å². The number of nitrogens with one attached hydrogen (secondary N) is 1. The fraction of sp³-hybridized carbons (Fsp3) is 0.500. The van der Waals surface area contributed by atoms with Gasteiger partial charge >= 0.3 is 0 Å². The molecule has 1 amide bonds. The summed E-state index contributed by atoms with van der Waals surface area (Å²) < 4.78 is 5.26. The van der Waals surface area contributed by atoms with Crippen molar-refractivity contribution in [3.8, 4) is 5.75 Å². The van der Waals surface area contributed by atoms with Crippen molar-refractivity contribution < 1.29 is 14.5 Å². The molecule has 0 saturated carbocycles. The van der Waals surface area contributed by atoms with Gasteiger partial charge in [-0.05, 0) is 25.0 Å². The van der Waals surface area contributed by atoms with Crippen LogP contribution in [0.2, 0.25) is 0 Å². The van der Waals surface area contributed by atoms with Crippen LogP contribution in [0.15, 0.2) is 24.3 Å². The number of hydrogen-bond donors (Lipinski definition) is 2. The van der Waals surface area contributed by atoms with Gasteiger partial charge in [-0.3, -0.25) is 14.9 Å². The summed E-state index contributed by atoms with van der Waals surface area (Å²) in [6.45, 7) is 4.19. The topological polar surface area (TPSA) is 107 Å². The molecule has 7 heteroatoms. The number of nitrogens with two attached hydrogens (primary N) is 1. The maximum atomic E-state index is 11.7. The van der Waals surface area contributed by atoms with E-state index in [4.69, 9.17) is 10.5 Å². The molecule has 21 heavy (non-hydrogen) atoms. The Morgan fingerprint density at radius 3 is 2.38 bits per heavy atom. The number of nitro benzene ring substituents is 1. The molecule has 0 aliphatic heterocycles. The summed E-state index contributed by atoms with van der Waals surface area (Å²) in [4.78, 5) is 21.7. The van der Waals surface area contributed by atoms with Gasteiger partial charge in [-0.15, -0.1) is 0 Å². The van der Waals surface area contributed by atoms with Crippen LogP contribution in [0.25, 0.3) is 0 Å². The van der Waals surface area contributed by atoms with Crippen molar-refractivity contribution in [2.24, 2.45) is 5.73 Å². The number of carbonyl (C=O) groups excluding carboxylic acids is 1. The maximum Gasteiger partial charge on any atom is 0.269 e. The zero-order chi connectivity index (χ0) is 15.9. The lowest BCUT2D eigenvalue weighted by Crippen LogP contribution is -2.50. The van der Waals surface area contributed by atoms with E-state index in [0.29, 0.717) is 12.3 Å². The van der Waals surface area contributed by atoms with Crippen molar-refractivity contribution in [2.75, 3.05) is 13.2 Å². The van der Waals surface area contributed by atoms with Crippen LogP contribution in [0.5, 0.6) is 5.75 Å². The first-order valence-electron chi connectivity index (χ1n) is 6.83. The number of nitrogens with zero attached hydrogens (tertiary/aromatic N) is 1. The molecule has 7 nitrogen and oxygen atoms in total. The van der Waals surface area contributed by atoms with Gasteiger partial charge in [-0.2, -0.15) is 0 Å². The average Bonchev–Trinajstić information content (AvgIpc) is 2.51. The quantitative estimate of drug-likeness (QED) is 0.559. The summed E-state index contributed by atoms with van der Waals surface area (Å²) in [5, 5.41) is 13.2. The molecule has 0 bridgehead atoms. The molecule has 116 valence electrons. The molecule has 1 aromatic carbocycles. The third kappa shape index (κ3) is 5.39. The minimum Gasteiger partial charge on any atom is -0.484 e. The van der Waals surface area contributed by atoms with Crippen LogP contribution in [0, 0.1) is 10.1 Å². The summed E-state index contributed by atoms with van der Waals surface area (Å²) >= 11 is 0. The van der Waals surface area contributed by atoms with Gasteiger partial charge in [-0.25, -0.2) is 0 Å². The zero-order valence-electron chi connectivity index (χ0n) is 12.3. The molecule has 0 saturated heterocycles. The van der Waals surface area contributed by atoms with Crippen molar-refractivity contribution in [3.63, 3.8) is 0 Å². The number of carbonyl (C=O) groups is 1. The van der Waals surface area contributed by atoms with Gasteiger partial charge in [-0.1, -0.05) is 13.8 Å². The van der Waals surface area contributed by atoms with Crippen LogP contribution < -0.4 is 15.8 Å². The summed E-state index contributed by atoms with van der Waals surface area (Å²) in [5.41, 5.74) is 5.66. The largest absolute Gasteiger partial charge is 0.484 e. The number of ether oxygens (including phenoxy) is 1. The Bertz CT molecular complexity index is 483. The number of nitro groups is 1. The van der Waals surface area contributed by atoms with Gasteiger partial charge in [0, 0.05) is 24.2 Å². The van der Waals surface area contributed by atoms with Crippen LogP contribution in [0.4, 0.5) is 5.69 Å². The molecule has 0 radical (unpaired) electrons. The predicted octanol–water partition coefficient (Wildman–Crippen LogP) is 1.61. The average molecular weight is 295 g/mol. The van der Waals surface area contributed by atoms with E-state index in [1.54, 1.807) is 0 Å². The highest BCUT2D eigenvalue weighted by molar-refractivity contribution is 5.77. The van der Waals surface area contributed by atoms with E-state index in [9.17, 15) is 14.9 Å². The fourth-order valence-electron chi connectivity index (χ4n) is 1.64. The molecule has 0 aliphatic carbocycles. The van der Waals surface area contributed by atoms with Gasteiger partial charge < -0.3 is 15.8 Å². The van der Waals surface area contributed by atoms with Crippen LogP contribution in [-0.2, 0) is 4.79 Å². The smallest absolute Gasteiger partial charge is 0.269 e. The zero-order valence-corrected chi connectivity index (χ0v) is 12.3. The molecule has 0 atom stereocenters. The van der Waals surface area contributed by atoms with Crippen molar-refractivity contribution >= 4 is 11.6 Å². The SMILES string of the molecule is CCC(N)(CC)CNC(=O)COc1ccc([N+](=O)[O-])cc1. The van der Waals surface area contributed by atoms with Crippen molar-refractivity contribution in [3.05, 3.63) is 34.4 Å². The second-order valence-electron chi connectivity index (χ2n) is 4.89. The Morgan fingerprint density at radius 1 is 1.33 bits per heavy atom. The molecule has 3 N–H and O–H groups in total. The van der Waals surface area contributed by atoms with Crippen LogP contribution in [0.3, 0.4) is 0 Å². The Labute approximate surface area is 123 Å². The van der Waals surface area contributed by atoms with Gasteiger partial charge in [0.2, 0.25) is 0 Å². The van der Waals surface area contributed by atoms with Gasteiger partial charge in [0.05, 0.1) is 4.92 Å². The minimum absolute atomic E-state index is 0.0226. The van der Waals surface area contributed by atoms with Gasteiger partial charge in [0.1, 0.15) is 5.75 Å². The summed E-state index contributed by atoms with van der Waals surface area (Å²) in [7, 11) is 0. The molecule has 0 aliphatic rings. The predicted molar refractivity (Wildman–Crippen MR) is 79.1 cm³/mol. The highest BCUT2D eigenvalue weighted by Crippen LogP contribution is 2.17. The standard InChI is InChI=1S/C14H21N3O4/c1-3-14(15,4-2)10-16-13(18)9-21-12-7-5-11(6-8-12)17(19)20/h5-8H,3-4,9-10,15H2,1-2H3,(H,16,18). The Morgan fingerprint density at radius 2 is 1.90 bits per heavy atom. The first kappa shape index (κ1) is 16.9. The summed E-state index contributed by atoms with van der Waals surface area (Å²) in [5.74, 6) is 0.130. The number of benzene rings is 1. The minimum atomic E-state index is -0.493. The van der Waals surface area contributed by atoms with Crippen molar-refractivity contribution in [2.45, 2.75) is 32.2 Å². The fourth-order valence-corrected chi connectivity index (χ4v) is 1.64. The Kier molecular flexibility index (Phi) is 6.10. The van der Waals surface area contributed by atoms with Crippen molar-refractivity contribution in [1.82, 2.24) is 5.32 Å². The lowest BCUT2D eigenvalue weighted by Gasteiger charge is -2.26. The number of rotatable bonds is 8. The monoisotopic (exact) mass is 295 g/mol. The van der Waals surface area contributed by atoms with Crippen LogP contribution >= 0.6 is 0 Å². The number of hydrogen-bond acceptors (Lipinski definition) is 5. The third-order valence-electron chi connectivity index (χ3n) is 3.46. The van der Waals surface area contributed by atoms with E-state index in [1.165, 1.54) is 24.3 Å². The summed E-state index contributed by atoms with van der Waals surface area (Å²) in [6.07, 6.45) is 1.54. The van der Waals surface area contributed by atoms with E-state index in [1.807, 2.05) is 13.8 Å². The normalized spacial score (nSPS) is 11.0. The molecule has 0 spiro atoms. The van der Waals surface area contributed by atoms with Crippen LogP contribution in [-0.4, -0.2) is 29.5 Å². The molecule has 1 aromatic rings. The Hall–Kier alpha value is -2.15.